The molecule has 0 saturated carbocycles. The zero-order valence-corrected chi connectivity index (χ0v) is 17.8. The van der Waals surface area contributed by atoms with Crippen molar-refractivity contribution in [1.82, 2.24) is 0 Å². The predicted octanol–water partition coefficient (Wildman–Crippen LogP) is 6.55. The van der Waals surface area contributed by atoms with Crippen LogP contribution in [0.1, 0.15) is 35.1 Å². The Bertz CT molecular complexity index is 1110. The van der Waals surface area contributed by atoms with Gasteiger partial charge in [-0.05, 0) is 35.0 Å². The molecule has 0 aliphatic carbocycles. The zero-order valence-electron chi connectivity index (χ0n) is 17.8. The minimum Gasteiger partial charge on any atom is -0.390 e. The monoisotopic (exact) mass is 468 g/mol. The lowest BCUT2D eigenvalue weighted by Crippen LogP contribution is -2.51. The Balaban J connectivity index is 1.75. The van der Waals surface area contributed by atoms with Crippen molar-refractivity contribution in [3.63, 3.8) is 0 Å². The molecular weight excluding hydrogens is 444 g/mol. The fourth-order valence-electron chi connectivity index (χ4n) is 5.01. The van der Waals surface area contributed by atoms with Crippen LogP contribution in [0.25, 0.3) is 10.8 Å². The van der Waals surface area contributed by atoms with Gasteiger partial charge >= 0.3 is 12.4 Å². The number of fused-ring (bicyclic) bond motifs is 1. The van der Waals surface area contributed by atoms with Crippen molar-refractivity contribution in [1.29, 1.82) is 0 Å². The van der Waals surface area contributed by atoms with Gasteiger partial charge in [0.1, 0.15) is 19.1 Å². The van der Waals surface area contributed by atoms with Crippen LogP contribution < -0.4 is 0 Å². The summed E-state index contributed by atoms with van der Waals surface area (Å²) < 4.78 is 80.4. The first-order chi connectivity index (χ1) is 15.5. The largest absolute Gasteiger partial charge is 0.416 e. The van der Waals surface area contributed by atoms with Crippen LogP contribution in [-0.4, -0.2) is 28.8 Å². The second-order valence-electron chi connectivity index (χ2n) is 8.83. The van der Waals surface area contributed by atoms with E-state index >= 15 is 0 Å². The third-order valence-corrected chi connectivity index (χ3v) is 6.58. The summed E-state index contributed by atoms with van der Waals surface area (Å²) in [4.78, 5) is 0. The number of nitrogens with zero attached hydrogens (tertiary/aromatic N) is 1. The SMILES string of the molecule is OC[C@@H]1CCC[N+]1(Cc1cc(C(F)(F)F)cc(C(F)(F)F)c1)Cc1ccc2ccccc2c1. The van der Waals surface area contributed by atoms with Gasteiger partial charge < -0.3 is 9.59 Å². The van der Waals surface area contributed by atoms with Crippen LogP contribution in [0.5, 0.6) is 0 Å². The Hall–Kier alpha value is -2.58. The van der Waals surface area contributed by atoms with Gasteiger partial charge in [0.15, 0.2) is 0 Å². The molecule has 4 rings (SSSR count). The van der Waals surface area contributed by atoms with Crippen molar-refractivity contribution >= 4 is 10.8 Å². The third kappa shape index (κ3) is 5.01. The first-order valence-corrected chi connectivity index (χ1v) is 10.7. The number of halogens is 6. The first kappa shape index (κ1) is 23.6. The average molecular weight is 468 g/mol. The molecule has 33 heavy (non-hydrogen) atoms. The summed E-state index contributed by atoms with van der Waals surface area (Å²) in [6, 6.07) is 15.1. The molecule has 2 atom stereocenters. The molecule has 0 spiro atoms. The van der Waals surface area contributed by atoms with Crippen LogP contribution in [0.2, 0.25) is 0 Å². The van der Waals surface area contributed by atoms with E-state index in [9.17, 15) is 31.4 Å². The molecule has 0 radical (unpaired) electrons. The normalized spacial score (nSPS) is 21.6. The number of likely N-dealkylation sites (tertiary alicyclic amines) is 1. The van der Waals surface area contributed by atoms with E-state index in [1.807, 2.05) is 42.5 Å². The van der Waals surface area contributed by atoms with E-state index in [1.165, 1.54) is 0 Å². The molecule has 0 aromatic heterocycles. The summed E-state index contributed by atoms with van der Waals surface area (Å²) in [7, 11) is 0. The van der Waals surface area contributed by atoms with E-state index in [1.54, 1.807) is 0 Å². The van der Waals surface area contributed by atoms with Gasteiger partial charge in [0, 0.05) is 24.0 Å². The number of hydrogen-bond acceptors (Lipinski definition) is 1. The molecule has 1 aliphatic heterocycles. The van der Waals surface area contributed by atoms with Gasteiger partial charge in [0.05, 0.1) is 24.3 Å². The Morgan fingerprint density at radius 1 is 0.758 bits per heavy atom. The molecular formula is C25H24F6NO+. The molecule has 176 valence electrons. The van der Waals surface area contributed by atoms with Crippen LogP contribution in [-0.2, 0) is 25.4 Å². The summed E-state index contributed by atoms with van der Waals surface area (Å²) in [5.74, 6) is 0. The second-order valence-corrected chi connectivity index (χ2v) is 8.83. The number of aliphatic hydroxyl groups is 1. The zero-order chi connectivity index (χ0) is 23.9. The Labute approximate surface area is 187 Å². The lowest BCUT2D eigenvalue weighted by atomic mass is 10.0. The van der Waals surface area contributed by atoms with Gasteiger partial charge in [-0.1, -0.05) is 36.4 Å². The van der Waals surface area contributed by atoms with Crippen LogP contribution in [0.15, 0.2) is 60.7 Å². The van der Waals surface area contributed by atoms with Crippen molar-refractivity contribution in [2.75, 3.05) is 13.2 Å². The molecule has 1 saturated heterocycles. The van der Waals surface area contributed by atoms with Crippen LogP contribution in [0.3, 0.4) is 0 Å². The number of quaternary nitrogens is 1. The molecule has 1 N–H and O–H groups in total. The van der Waals surface area contributed by atoms with Gasteiger partial charge in [0.25, 0.3) is 0 Å². The summed E-state index contributed by atoms with van der Waals surface area (Å²) >= 11 is 0. The molecule has 2 nitrogen and oxygen atoms in total. The fourth-order valence-corrected chi connectivity index (χ4v) is 5.01. The molecule has 0 bridgehead atoms. The maximum absolute atomic E-state index is 13.4. The Kier molecular flexibility index (Phi) is 6.18. The molecule has 8 heteroatoms. The first-order valence-electron chi connectivity index (χ1n) is 10.7. The Morgan fingerprint density at radius 3 is 1.97 bits per heavy atom. The highest BCUT2D eigenvalue weighted by molar-refractivity contribution is 5.82. The molecule has 1 aliphatic rings. The summed E-state index contributed by atoms with van der Waals surface area (Å²) in [6.45, 7) is 0.771. The standard InChI is InChI=1S/C25H24F6NO/c26-24(27,28)21-11-18(12-22(13-21)25(29,30)31)15-32(9-3-6-23(32)16-33)14-17-7-8-19-4-1-2-5-20(19)10-17/h1-2,4-5,7-8,10-13,23,33H,3,6,9,14-16H2/q+1/t23-,32?/m0/s1. The van der Waals surface area contributed by atoms with Gasteiger partial charge in [-0.2, -0.15) is 26.3 Å². The van der Waals surface area contributed by atoms with Gasteiger partial charge in [0.2, 0.25) is 0 Å². The number of benzene rings is 3. The minimum absolute atomic E-state index is 0.0228. The summed E-state index contributed by atoms with van der Waals surface area (Å²) in [5, 5.41) is 12.1. The second kappa shape index (κ2) is 8.65. The third-order valence-electron chi connectivity index (χ3n) is 6.58. The molecule has 1 heterocycles. The molecule has 1 fully saturated rings. The van der Waals surface area contributed by atoms with Crippen molar-refractivity contribution in [2.45, 2.75) is 44.3 Å². The smallest absolute Gasteiger partial charge is 0.390 e. The van der Waals surface area contributed by atoms with Gasteiger partial charge in [-0.25, -0.2) is 0 Å². The highest BCUT2D eigenvalue weighted by Crippen LogP contribution is 2.39. The minimum atomic E-state index is -4.89. The number of rotatable bonds is 5. The van der Waals surface area contributed by atoms with Crippen LogP contribution in [0, 0.1) is 0 Å². The lowest BCUT2D eigenvalue weighted by molar-refractivity contribution is -0.964. The van der Waals surface area contributed by atoms with E-state index in [4.69, 9.17) is 0 Å². The van der Waals surface area contributed by atoms with E-state index in [2.05, 4.69) is 0 Å². The number of hydrogen-bond donors (Lipinski definition) is 1. The van der Waals surface area contributed by atoms with E-state index in [0.29, 0.717) is 19.5 Å². The van der Waals surface area contributed by atoms with E-state index in [-0.39, 0.29) is 35.3 Å². The summed E-state index contributed by atoms with van der Waals surface area (Å²) in [5.41, 5.74) is -1.72. The van der Waals surface area contributed by atoms with Gasteiger partial charge in [-0.15, -0.1) is 0 Å². The average Bonchev–Trinajstić information content (AvgIpc) is 3.14. The maximum Gasteiger partial charge on any atom is 0.416 e. The van der Waals surface area contributed by atoms with Crippen molar-refractivity contribution < 1.29 is 35.9 Å². The van der Waals surface area contributed by atoms with Crippen molar-refractivity contribution in [3.05, 3.63) is 82.9 Å². The predicted molar refractivity (Wildman–Crippen MR) is 113 cm³/mol. The fraction of sp³-hybridized carbons (Fsp3) is 0.360. The lowest BCUT2D eigenvalue weighted by Gasteiger charge is -2.40. The maximum atomic E-state index is 13.4. The van der Waals surface area contributed by atoms with Crippen LogP contribution in [0.4, 0.5) is 26.3 Å². The molecule has 3 aromatic rings. The van der Waals surface area contributed by atoms with E-state index < -0.39 is 23.5 Å². The van der Waals surface area contributed by atoms with Crippen molar-refractivity contribution in [3.8, 4) is 0 Å². The molecule has 3 aromatic carbocycles. The highest BCUT2D eigenvalue weighted by Gasteiger charge is 2.43. The van der Waals surface area contributed by atoms with Crippen LogP contribution >= 0.6 is 0 Å². The molecule has 0 amide bonds. The summed E-state index contributed by atoms with van der Waals surface area (Å²) in [6.07, 6.45) is -8.37. The molecule has 1 unspecified atom stereocenters. The Morgan fingerprint density at radius 2 is 1.36 bits per heavy atom. The quantitative estimate of drug-likeness (QED) is 0.333. The highest BCUT2D eigenvalue weighted by atomic mass is 19.4. The van der Waals surface area contributed by atoms with E-state index in [0.717, 1.165) is 34.9 Å². The number of aliphatic hydroxyl groups excluding tert-OH is 1. The number of alkyl halides is 6. The topological polar surface area (TPSA) is 20.2 Å². The van der Waals surface area contributed by atoms with Crippen molar-refractivity contribution in [2.24, 2.45) is 0 Å². The van der Waals surface area contributed by atoms with Gasteiger partial charge in [-0.3, -0.25) is 0 Å².